The maximum Gasteiger partial charge on any atom is 0.249 e. The van der Waals surface area contributed by atoms with Gasteiger partial charge in [-0.1, -0.05) is 36.7 Å². The number of hydrogen-bond donors (Lipinski definition) is 0. The van der Waals surface area contributed by atoms with Crippen LogP contribution in [0.1, 0.15) is 30.4 Å². The lowest BCUT2D eigenvalue weighted by Crippen LogP contribution is -2.41. The van der Waals surface area contributed by atoms with E-state index in [9.17, 15) is 13.2 Å². The van der Waals surface area contributed by atoms with Crippen LogP contribution < -0.4 is 0 Å². The lowest BCUT2D eigenvalue weighted by molar-refractivity contribution is -0.132. The highest BCUT2D eigenvalue weighted by atomic mass is 35.5. The van der Waals surface area contributed by atoms with Gasteiger partial charge in [0.25, 0.3) is 0 Å². The SMILES string of the molecule is CCCN(Cc1nnc(-c2ccccc2Cl)o1)C(=O)CN(C)S(=O)(=O)c1ccc(C)c(C)c1. The van der Waals surface area contributed by atoms with Crippen molar-refractivity contribution in [1.82, 2.24) is 19.4 Å². The molecule has 0 aliphatic rings. The first kappa shape index (κ1) is 24.9. The Morgan fingerprint density at radius 3 is 2.48 bits per heavy atom. The zero-order valence-electron chi connectivity index (χ0n) is 19.1. The summed E-state index contributed by atoms with van der Waals surface area (Å²) in [6.07, 6.45) is 0.685. The third-order valence-electron chi connectivity index (χ3n) is 5.29. The molecular formula is C23H27ClN4O4S. The van der Waals surface area contributed by atoms with Crippen LogP contribution >= 0.6 is 11.6 Å². The molecule has 3 rings (SSSR count). The number of sulfonamides is 1. The van der Waals surface area contributed by atoms with Crippen molar-refractivity contribution in [2.24, 2.45) is 0 Å². The minimum Gasteiger partial charge on any atom is -0.419 e. The molecular weight excluding hydrogens is 464 g/mol. The number of benzene rings is 2. The van der Waals surface area contributed by atoms with Crippen molar-refractivity contribution in [3.63, 3.8) is 0 Å². The van der Waals surface area contributed by atoms with Crippen molar-refractivity contribution in [3.8, 4) is 11.5 Å². The Bertz CT molecular complexity index is 1240. The predicted molar refractivity (Wildman–Crippen MR) is 126 cm³/mol. The molecule has 0 N–H and O–H groups in total. The minimum absolute atomic E-state index is 0.0711. The Balaban J connectivity index is 1.74. The molecule has 0 spiro atoms. The number of carbonyl (C=O) groups is 1. The number of carbonyl (C=O) groups excluding carboxylic acids is 1. The van der Waals surface area contributed by atoms with Crippen LogP contribution in [0.25, 0.3) is 11.5 Å². The molecule has 0 bridgehead atoms. The van der Waals surface area contributed by atoms with E-state index in [-0.39, 0.29) is 35.7 Å². The molecule has 0 atom stereocenters. The van der Waals surface area contributed by atoms with Crippen LogP contribution in [-0.2, 0) is 21.4 Å². The van der Waals surface area contributed by atoms with Crippen LogP contribution in [0.4, 0.5) is 0 Å². The van der Waals surface area contributed by atoms with Gasteiger partial charge in [0, 0.05) is 13.6 Å². The summed E-state index contributed by atoms with van der Waals surface area (Å²) in [6, 6.07) is 12.0. The third kappa shape index (κ3) is 5.79. The fraction of sp³-hybridized carbons (Fsp3) is 0.348. The summed E-state index contributed by atoms with van der Waals surface area (Å²) >= 11 is 6.19. The number of rotatable bonds is 9. The Hall–Kier alpha value is -2.75. The zero-order chi connectivity index (χ0) is 24.2. The largest absolute Gasteiger partial charge is 0.419 e. The summed E-state index contributed by atoms with van der Waals surface area (Å²) < 4.78 is 32.7. The first-order valence-corrected chi connectivity index (χ1v) is 12.3. The zero-order valence-corrected chi connectivity index (χ0v) is 20.7. The van der Waals surface area contributed by atoms with Gasteiger partial charge in [0.05, 0.1) is 28.6 Å². The van der Waals surface area contributed by atoms with Crippen LogP contribution in [0.3, 0.4) is 0 Å². The molecule has 176 valence electrons. The Morgan fingerprint density at radius 2 is 1.82 bits per heavy atom. The average Bonchev–Trinajstić information content (AvgIpc) is 3.23. The van der Waals surface area contributed by atoms with Crippen LogP contribution in [0.15, 0.2) is 51.8 Å². The highest BCUT2D eigenvalue weighted by Gasteiger charge is 2.26. The molecule has 8 nitrogen and oxygen atoms in total. The van der Waals surface area contributed by atoms with Gasteiger partial charge < -0.3 is 9.32 Å². The minimum atomic E-state index is -3.81. The molecule has 10 heteroatoms. The quantitative estimate of drug-likeness (QED) is 0.448. The van der Waals surface area contributed by atoms with E-state index in [1.165, 1.54) is 11.9 Å². The van der Waals surface area contributed by atoms with Crippen LogP contribution in [0.2, 0.25) is 5.02 Å². The van der Waals surface area contributed by atoms with E-state index in [0.717, 1.165) is 15.4 Å². The number of halogens is 1. The second kappa shape index (κ2) is 10.5. The van der Waals surface area contributed by atoms with Crippen molar-refractivity contribution in [2.75, 3.05) is 20.1 Å². The molecule has 0 saturated carbocycles. The van der Waals surface area contributed by atoms with Gasteiger partial charge in [-0.25, -0.2) is 8.42 Å². The number of aryl methyl sites for hydroxylation is 2. The third-order valence-corrected chi connectivity index (χ3v) is 7.42. The van der Waals surface area contributed by atoms with Gasteiger partial charge in [-0.3, -0.25) is 4.79 Å². The van der Waals surface area contributed by atoms with Gasteiger partial charge in [-0.05, 0) is 55.7 Å². The number of aromatic nitrogens is 2. The van der Waals surface area contributed by atoms with E-state index in [4.69, 9.17) is 16.0 Å². The molecule has 3 aromatic rings. The number of likely N-dealkylation sites (N-methyl/N-ethyl adjacent to an activating group) is 1. The lowest BCUT2D eigenvalue weighted by Gasteiger charge is -2.24. The maximum absolute atomic E-state index is 13.0. The second-order valence-electron chi connectivity index (χ2n) is 7.80. The van der Waals surface area contributed by atoms with E-state index in [0.29, 0.717) is 23.6 Å². The Morgan fingerprint density at radius 1 is 1.09 bits per heavy atom. The van der Waals surface area contributed by atoms with Gasteiger partial charge in [-0.15, -0.1) is 10.2 Å². The molecule has 0 fully saturated rings. The Kier molecular flexibility index (Phi) is 7.88. The van der Waals surface area contributed by atoms with Crippen molar-refractivity contribution < 1.29 is 17.6 Å². The van der Waals surface area contributed by atoms with Gasteiger partial charge >= 0.3 is 0 Å². The molecule has 0 unspecified atom stereocenters. The summed E-state index contributed by atoms with van der Waals surface area (Å²) in [6.45, 7) is 5.88. The fourth-order valence-corrected chi connectivity index (χ4v) is 4.64. The highest BCUT2D eigenvalue weighted by Crippen LogP contribution is 2.26. The van der Waals surface area contributed by atoms with Crippen molar-refractivity contribution in [2.45, 2.75) is 38.6 Å². The number of nitrogens with zero attached hydrogens (tertiary/aromatic N) is 4. The van der Waals surface area contributed by atoms with Crippen molar-refractivity contribution >= 4 is 27.5 Å². The number of amides is 1. The second-order valence-corrected chi connectivity index (χ2v) is 10.3. The van der Waals surface area contributed by atoms with E-state index in [1.807, 2.05) is 26.8 Å². The van der Waals surface area contributed by atoms with Crippen LogP contribution in [-0.4, -0.2) is 53.9 Å². The monoisotopic (exact) mass is 490 g/mol. The molecule has 1 amide bonds. The van der Waals surface area contributed by atoms with Gasteiger partial charge in [0.2, 0.25) is 27.7 Å². The summed E-state index contributed by atoms with van der Waals surface area (Å²) in [4.78, 5) is 14.7. The van der Waals surface area contributed by atoms with Crippen LogP contribution in [0.5, 0.6) is 0 Å². The molecule has 0 saturated heterocycles. The summed E-state index contributed by atoms with van der Waals surface area (Å²) in [5.41, 5.74) is 2.47. The van der Waals surface area contributed by atoms with Gasteiger partial charge in [0.1, 0.15) is 0 Å². The maximum atomic E-state index is 13.0. The first-order valence-electron chi connectivity index (χ1n) is 10.5. The molecule has 0 aliphatic carbocycles. The molecule has 0 radical (unpaired) electrons. The highest BCUT2D eigenvalue weighted by molar-refractivity contribution is 7.89. The van der Waals surface area contributed by atoms with E-state index < -0.39 is 10.0 Å². The molecule has 0 aliphatic heterocycles. The van der Waals surface area contributed by atoms with Gasteiger partial charge in [-0.2, -0.15) is 4.31 Å². The van der Waals surface area contributed by atoms with Gasteiger partial charge in [0.15, 0.2) is 0 Å². The standard InChI is InChI=1S/C23H27ClN4O4S/c1-5-12-28(14-21-25-26-23(32-21)19-8-6-7-9-20(19)24)22(29)15-27(4)33(30,31)18-11-10-16(2)17(3)13-18/h6-11,13H,5,12,14-15H2,1-4H3. The normalized spacial score (nSPS) is 11.7. The number of hydrogen-bond acceptors (Lipinski definition) is 6. The smallest absolute Gasteiger partial charge is 0.249 e. The molecule has 33 heavy (non-hydrogen) atoms. The molecule has 1 aromatic heterocycles. The first-order chi connectivity index (χ1) is 15.6. The molecule has 2 aromatic carbocycles. The summed E-state index contributed by atoms with van der Waals surface area (Å²) in [5, 5.41) is 8.54. The average molecular weight is 491 g/mol. The lowest BCUT2D eigenvalue weighted by atomic mass is 10.1. The fourth-order valence-electron chi connectivity index (χ4n) is 3.22. The van der Waals surface area contributed by atoms with Crippen LogP contribution in [0, 0.1) is 13.8 Å². The summed E-state index contributed by atoms with van der Waals surface area (Å²) in [7, 11) is -2.41. The van der Waals surface area contributed by atoms with Crippen molar-refractivity contribution in [1.29, 1.82) is 0 Å². The predicted octanol–water partition coefficient (Wildman–Crippen LogP) is 4.07. The van der Waals surface area contributed by atoms with E-state index >= 15 is 0 Å². The van der Waals surface area contributed by atoms with E-state index in [1.54, 1.807) is 36.4 Å². The van der Waals surface area contributed by atoms with E-state index in [2.05, 4.69) is 10.2 Å². The Labute approximate surface area is 199 Å². The topological polar surface area (TPSA) is 96.6 Å². The summed E-state index contributed by atoms with van der Waals surface area (Å²) in [5.74, 6) is 0.143. The van der Waals surface area contributed by atoms with Crippen molar-refractivity contribution in [3.05, 3.63) is 64.5 Å². The molecule has 1 heterocycles.